The Balaban J connectivity index is 3.23. The number of rotatable bonds is 6. The van der Waals surface area contributed by atoms with Crippen molar-refractivity contribution in [1.29, 1.82) is 0 Å². The van der Waals surface area contributed by atoms with Crippen molar-refractivity contribution in [2.75, 3.05) is 6.54 Å². The van der Waals surface area contributed by atoms with Crippen LogP contribution in [0.15, 0.2) is 0 Å². The first-order valence-corrected chi connectivity index (χ1v) is 24.4. The zero-order valence-corrected chi connectivity index (χ0v) is 19.9. The van der Waals surface area contributed by atoms with Crippen molar-refractivity contribution in [1.82, 2.24) is 5.32 Å². The molecule has 0 unspecified atom stereocenters. The Hall–Kier alpha value is 0.788. The first kappa shape index (κ1) is 19.8. The summed E-state index contributed by atoms with van der Waals surface area (Å²) in [6.07, 6.45) is 2.32. The predicted molar refractivity (Wildman–Crippen MR) is 108 cm³/mol. The van der Waals surface area contributed by atoms with Crippen molar-refractivity contribution in [3.8, 4) is 0 Å². The molecule has 1 saturated heterocycles. The highest BCUT2D eigenvalue weighted by Gasteiger charge is 2.61. The highest BCUT2D eigenvalue weighted by molar-refractivity contribution is 7.89. The summed E-state index contributed by atoms with van der Waals surface area (Å²) in [4.78, 5) is 0. The monoisotopic (exact) mass is 361 g/mol. The Labute approximate surface area is 136 Å². The number of aliphatic hydroxyl groups is 1. The van der Waals surface area contributed by atoms with Gasteiger partial charge in [0, 0.05) is 35.4 Å². The molecule has 1 aliphatic heterocycles. The summed E-state index contributed by atoms with van der Waals surface area (Å²) in [5, 5.41) is 14.6. The van der Waals surface area contributed by atoms with Crippen molar-refractivity contribution in [3.05, 3.63) is 0 Å². The van der Waals surface area contributed by atoms with Crippen LogP contribution in [0.5, 0.6) is 0 Å². The van der Waals surface area contributed by atoms with Crippen LogP contribution < -0.4 is 5.32 Å². The summed E-state index contributed by atoms with van der Waals surface area (Å²) in [6, 6.07) is 1.56. The Morgan fingerprint density at radius 1 is 0.905 bits per heavy atom. The Morgan fingerprint density at radius 2 is 1.33 bits per heavy atom. The minimum atomic E-state index is -1.40. The SMILES string of the molecule is C[Si](C)(C)[Si](C[C@@H](O)[C@@H]1CCCN1)([Si](C)(C)C)[Si](C)(C)C. The minimum absolute atomic E-state index is 0.0932. The minimum Gasteiger partial charge on any atom is -0.392 e. The van der Waals surface area contributed by atoms with Gasteiger partial charge in [0.1, 0.15) is 0 Å². The van der Waals surface area contributed by atoms with Crippen LogP contribution >= 0.6 is 0 Å². The van der Waals surface area contributed by atoms with Crippen molar-refractivity contribution in [2.45, 2.75) is 90.0 Å². The van der Waals surface area contributed by atoms with Crippen LogP contribution in [0.1, 0.15) is 12.8 Å². The van der Waals surface area contributed by atoms with E-state index in [1.165, 1.54) is 18.9 Å². The largest absolute Gasteiger partial charge is 0.392 e. The zero-order valence-electron chi connectivity index (χ0n) is 15.9. The summed E-state index contributed by atoms with van der Waals surface area (Å²) in [7, 11) is -3.74. The van der Waals surface area contributed by atoms with Gasteiger partial charge in [0.25, 0.3) is 0 Å². The van der Waals surface area contributed by atoms with Gasteiger partial charge in [-0.15, -0.1) is 0 Å². The summed E-state index contributed by atoms with van der Waals surface area (Å²) in [6.45, 7) is 23.2. The molecule has 0 saturated carbocycles. The fourth-order valence-electron chi connectivity index (χ4n) is 5.79. The van der Waals surface area contributed by atoms with Gasteiger partial charge in [-0.1, -0.05) is 58.9 Å². The van der Waals surface area contributed by atoms with Crippen molar-refractivity contribution in [3.63, 3.8) is 0 Å². The van der Waals surface area contributed by atoms with Gasteiger partial charge in [-0.25, -0.2) is 0 Å². The molecule has 2 nitrogen and oxygen atoms in total. The average molecular weight is 362 g/mol. The molecule has 2 N–H and O–H groups in total. The standard InChI is InChI=1S/C15H39NOSi4/c1-18(2,3)21(19(4,5)6,20(7,8)9)13-15(17)14-11-10-12-16-14/h14-17H,10-13H2,1-9H3/t14-,15+/m0/s1. The second kappa shape index (κ2) is 6.36. The molecule has 0 aromatic carbocycles. The second-order valence-corrected chi connectivity index (χ2v) is 51.5. The lowest BCUT2D eigenvalue weighted by Gasteiger charge is -2.58. The number of aliphatic hydroxyl groups excluding tert-OH is 1. The van der Waals surface area contributed by atoms with Crippen molar-refractivity contribution < 1.29 is 5.11 Å². The number of hydrogen-bond donors (Lipinski definition) is 2. The van der Waals surface area contributed by atoms with Crippen LogP contribution in [-0.2, 0) is 0 Å². The topological polar surface area (TPSA) is 32.3 Å². The van der Waals surface area contributed by atoms with Crippen LogP contribution in [0.2, 0.25) is 65.0 Å². The fourth-order valence-corrected chi connectivity index (χ4v) is 104. The second-order valence-electron chi connectivity index (χ2n) is 10.1. The first-order valence-electron chi connectivity index (χ1n) is 8.65. The summed E-state index contributed by atoms with van der Waals surface area (Å²) in [5.41, 5.74) is 0. The van der Waals surface area contributed by atoms with E-state index in [0.717, 1.165) is 6.54 Å². The van der Waals surface area contributed by atoms with Gasteiger partial charge < -0.3 is 10.4 Å². The Morgan fingerprint density at radius 3 is 1.62 bits per heavy atom. The molecular weight excluding hydrogens is 323 g/mol. The molecule has 1 rings (SSSR count). The normalized spacial score (nSPS) is 23.4. The van der Waals surface area contributed by atoms with Gasteiger partial charge >= 0.3 is 0 Å². The molecule has 1 aliphatic rings. The van der Waals surface area contributed by atoms with E-state index in [9.17, 15) is 5.11 Å². The van der Waals surface area contributed by atoms with Gasteiger partial charge in [0.15, 0.2) is 0 Å². The molecule has 1 heterocycles. The third-order valence-electron chi connectivity index (χ3n) is 5.92. The van der Waals surface area contributed by atoms with Crippen molar-refractivity contribution >= 4 is 29.4 Å². The van der Waals surface area contributed by atoms with Crippen LogP contribution in [-0.4, -0.2) is 53.2 Å². The summed E-state index contributed by atoms with van der Waals surface area (Å²) in [5.74, 6) is 0. The first-order chi connectivity index (χ1) is 9.24. The molecule has 6 heteroatoms. The summed E-state index contributed by atoms with van der Waals surface area (Å²) < 4.78 is 0. The molecule has 2 atom stereocenters. The predicted octanol–water partition coefficient (Wildman–Crippen LogP) is 3.80. The highest BCUT2D eigenvalue weighted by atomic mass is 29.9. The van der Waals surface area contributed by atoms with E-state index in [-0.39, 0.29) is 6.10 Å². The molecule has 1 fully saturated rings. The average Bonchev–Trinajstić information content (AvgIpc) is 2.72. The quantitative estimate of drug-likeness (QED) is 0.705. The van der Waals surface area contributed by atoms with E-state index >= 15 is 0 Å². The van der Waals surface area contributed by atoms with E-state index in [4.69, 9.17) is 0 Å². The molecule has 21 heavy (non-hydrogen) atoms. The highest BCUT2D eigenvalue weighted by Crippen LogP contribution is 2.41. The maximum Gasteiger partial charge on any atom is 0.0664 e. The van der Waals surface area contributed by atoms with E-state index < -0.39 is 29.4 Å². The fraction of sp³-hybridized carbons (Fsp3) is 1.00. The van der Waals surface area contributed by atoms with Gasteiger partial charge in [0.05, 0.1) is 6.10 Å². The van der Waals surface area contributed by atoms with Crippen LogP contribution in [0.25, 0.3) is 0 Å². The van der Waals surface area contributed by atoms with Crippen LogP contribution in [0, 0.1) is 0 Å². The Bertz CT molecular complexity index is 312. The van der Waals surface area contributed by atoms with E-state index in [2.05, 4.69) is 64.2 Å². The van der Waals surface area contributed by atoms with Gasteiger partial charge in [-0.2, -0.15) is 0 Å². The molecule has 0 aliphatic carbocycles. The molecule has 0 spiro atoms. The maximum absolute atomic E-state index is 11.0. The molecule has 0 radical (unpaired) electrons. The van der Waals surface area contributed by atoms with E-state index in [1.54, 1.807) is 0 Å². The molecule has 0 aromatic heterocycles. The lowest BCUT2D eigenvalue weighted by molar-refractivity contribution is 0.154. The smallest absolute Gasteiger partial charge is 0.0664 e. The van der Waals surface area contributed by atoms with Crippen LogP contribution in [0.4, 0.5) is 0 Å². The number of nitrogens with one attached hydrogen (secondary N) is 1. The molecule has 0 aromatic rings. The van der Waals surface area contributed by atoms with E-state index in [0.29, 0.717) is 6.04 Å². The van der Waals surface area contributed by atoms with E-state index in [1.807, 2.05) is 0 Å². The zero-order chi connectivity index (χ0) is 16.7. The van der Waals surface area contributed by atoms with Gasteiger partial charge in [0.2, 0.25) is 0 Å². The lowest BCUT2D eigenvalue weighted by Crippen LogP contribution is -2.83. The molecule has 0 bridgehead atoms. The third kappa shape index (κ3) is 3.83. The molecular formula is C15H39NOSi4. The summed E-state index contributed by atoms with van der Waals surface area (Å²) >= 11 is 0. The third-order valence-corrected chi connectivity index (χ3v) is 80.0. The lowest BCUT2D eigenvalue weighted by atomic mass is 10.1. The van der Waals surface area contributed by atoms with Gasteiger partial charge in [-0.3, -0.25) is 0 Å². The molecule has 0 amide bonds. The molecule has 126 valence electrons. The Kier molecular flexibility index (Phi) is 6.00. The van der Waals surface area contributed by atoms with Crippen LogP contribution in [0.3, 0.4) is 0 Å². The number of hydrogen-bond acceptors (Lipinski definition) is 2. The van der Waals surface area contributed by atoms with Gasteiger partial charge in [-0.05, 0) is 25.4 Å². The van der Waals surface area contributed by atoms with Crippen molar-refractivity contribution in [2.24, 2.45) is 0 Å². The maximum atomic E-state index is 11.0.